The zero-order chi connectivity index (χ0) is 9.97. The first-order valence-corrected chi connectivity index (χ1v) is 4.68. The molecule has 2 aromatic rings. The minimum atomic E-state index is 1.16. The molecule has 0 bridgehead atoms. The van der Waals surface area contributed by atoms with Crippen molar-refractivity contribution in [1.82, 2.24) is 0 Å². The minimum absolute atomic E-state index is 1.16. The van der Waals surface area contributed by atoms with Crippen molar-refractivity contribution in [3.8, 4) is 0 Å². The quantitative estimate of drug-likeness (QED) is 0.751. The molecule has 0 aliphatic carbocycles. The Labute approximate surface area is 84.1 Å². The third kappa shape index (κ3) is 1.27. The minimum Gasteiger partial charge on any atom is -0.388 e. The third-order valence-corrected chi connectivity index (χ3v) is 2.45. The van der Waals surface area contributed by atoms with Crippen LogP contribution in [0, 0.1) is 0 Å². The standard InChI is InChI=1S/C13H13N/c1-3-10-6-4-8-12-11(10)7-5-9-13(12)14-2/h3-9,14H,1H2,2H3. The van der Waals surface area contributed by atoms with E-state index in [4.69, 9.17) is 0 Å². The van der Waals surface area contributed by atoms with Gasteiger partial charge < -0.3 is 5.32 Å². The molecule has 1 nitrogen and oxygen atoms in total. The van der Waals surface area contributed by atoms with E-state index in [1.807, 2.05) is 13.1 Å². The molecule has 0 fully saturated rings. The van der Waals surface area contributed by atoms with Crippen LogP contribution in [-0.2, 0) is 0 Å². The van der Waals surface area contributed by atoms with Gasteiger partial charge in [0.25, 0.3) is 0 Å². The van der Waals surface area contributed by atoms with Crippen LogP contribution < -0.4 is 5.32 Å². The number of hydrogen-bond donors (Lipinski definition) is 1. The van der Waals surface area contributed by atoms with Gasteiger partial charge in [-0.2, -0.15) is 0 Å². The monoisotopic (exact) mass is 183 g/mol. The van der Waals surface area contributed by atoms with Gasteiger partial charge in [-0.25, -0.2) is 0 Å². The van der Waals surface area contributed by atoms with Crippen molar-refractivity contribution < 1.29 is 0 Å². The van der Waals surface area contributed by atoms with E-state index < -0.39 is 0 Å². The van der Waals surface area contributed by atoms with Crippen LogP contribution >= 0.6 is 0 Å². The summed E-state index contributed by atoms with van der Waals surface area (Å²) in [6, 6.07) is 12.5. The molecule has 1 heteroatoms. The molecule has 0 saturated heterocycles. The Bertz CT molecular complexity index is 472. The maximum absolute atomic E-state index is 3.82. The molecule has 0 spiro atoms. The van der Waals surface area contributed by atoms with Gasteiger partial charge in [-0.15, -0.1) is 0 Å². The van der Waals surface area contributed by atoms with Gasteiger partial charge in [-0.05, 0) is 17.0 Å². The van der Waals surface area contributed by atoms with Gasteiger partial charge in [-0.1, -0.05) is 43.0 Å². The van der Waals surface area contributed by atoms with Crippen LogP contribution in [0.5, 0.6) is 0 Å². The molecule has 0 saturated carbocycles. The molecule has 0 amide bonds. The van der Waals surface area contributed by atoms with Crippen molar-refractivity contribution in [2.75, 3.05) is 12.4 Å². The number of anilines is 1. The van der Waals surface area contributed by atoms with Crippen LogP contribution in [-0.4, -0.2) is 7.05 Å². The lowest BCUT2D eigenvalue weighted by Crippen LogP contribution is -1.89. The number of rotatable bonds is 2. The molecule has 1 N–H and O–H groups in total. The SMILES string of the molecule is C=Cc1cccc2c(NC)cccc12. The van der Waals surface area contributed by atoms with E-state index >= 15 is 0 Å². The Morgan fingerprint density at radius 2 is 1.79 bits per heavy atom. The number of benzene rings is 2. The molecule has 0 unspecified atom stereocenters. The molecule has 0 heterocycles. The van der Waals surface area contributed by atoms with Crippen LogP contribution in [0.15, 0.2) is 43.0 Å². The summed E-state index contributed by atoms with van der Waals surface area (Å²) in [5.41, 5.74) is 2.34. The Morgan fingerprint density at radius 1 is 1.07 bits per heavy atom. The highest BCUT2D eigenvalue weighted by Gasteiger charge is 2.00. The first kappa shape index (κ1) is 8.82. The van der Waals surface area contributed by atoms with Crippen LogP contribution in [0.2, 0.25) is 0 Å². The van der Waals surface area contributed by atoms with Gasteiger partial charge >= 0.3 is 0 Å². The highest BCUT2D eigenvalue weighted by molar-refractivity contribution is 5.98. The van der Waals surface area contributed by atoms with Gasteiger partial charge in [0, 0.05) is 18.1 Å². The normalized spacial score (nSPS) is 10.1. The molecule has 2 rings (SSSR count). The lowest BCUT2D eigenvalue weighted by molar-refractivity contribution is 1.54. The second-order valence-corrected chi connectivity index (χ2v) is 3.20. The topological polar surface area (TPSA) is 12.0 Å². The Balaban J connectivity index is 2.84. The van der Waals surface area contributed by atoms with Crippen LogP contribution in [0.4, 0.5) is 5.69 Å². The van der Waals surface area contributed by atoms with E-state index in [9.17, 15) is 0 Å². The summed E-state index contributed by atoms with van der Waals surface area (Å²) in [4.78, 5) is 0. The van der Waals surface area contributed by atoms with Gasteiger partial charge in [0.15, 0.2) is 0 Å². The Hall–Kier alpha value is -1.76. The van der Waals surface area contributed by atoms with Gasteiger partial charge in [0.1, 0.15) is 0 Å². The molecule has 0 aliphatic heterocycles. The fourth-order valence-corrected chi connectivity index (χ4v) is 1.73. The molecule has 14 heavy (non-hydrogen) atoms. The fraction of sp³-hybridized carbons (Fsp3) is 0.0769. The average Bonchev–Trinajstić information content (AvgIpc) is 2.27. The maximum Gasteiger partial charge on any atom is 0.0417 e. The highest BCUT2D eigenvalue weighted by Crippen LogP contribution is 2.26. The molecule has 0 radical (unpaired) electrons. The average molecular weight is 183 g/mol. The van der Waals surface area contributed by atoms with Crippen molar-refractivity contribution in [2.45, 2.75) is 0 Å². The lowest BCUT2D eigenvalue weighted by atomic mass is 10.0. The van der Waals surface area contributed by atoms with Crippen molar-refractivity contribution in [3.63, 3.8) is 0 Å². The number of nitrogens with one attached hydrogen (secondary N) is 1. The first-order valence-electron chi connectivity index (χ1n) is 4.68. The molecule has 0 aromatic heterocycles. The molecule has 0 atom stereocenters. The highest BCUT2D eigenvalue weighted by atomic mass is 14.8. The smallest absolute Gasteiger partial charge is 0.0417 e. The van der Waals surface area contributed by atoms with Gasteiger partial charge in [0.2, 0.25) is 0 Å². The van der Waals surface area contributed by atoms with E-state index in [2.05, 4.69) is 48.3 Å². The summed E-state index contributed by atoms with van der Waals surface area (Å²) in [6.45, 7) is 3.82. The van der Waals surface area contributed by atoms with E-state index in [1.54, 1.807) is 0 Å². The predicted octanol–water partition coefficient (Wildman–Crippen LogP) is 3.52. The maximum atomic E-state index is 3.82. The largest absolute Gasteiger partial charge is 0.388 e. The van der Waals surface area contributed by atoms with Crippen molar-refractivity contribution in [2.24, 2.45) is 0 Å². The van der Waals surface area contributed by atoms with Crippen molar-refractivity contribution in [3.05, 3.63) is 48.5 Å². The van der Waals surface area contributed by atoms with Crippen LogP contribution in [0.25, 0.3) is 16.8 Å². The molecular formula is C13H13N. The predicted molar refractivity (Wildman–Crippen MR) is 63.6 cm³/mol. The number of fused-ring (bicyclic) bond motifs is 1. The molecule has 2 aromatic carbocycles. The zero-order valence-electron chi connectivity index (χ0n) is 8.25. The second-order valence-electron chi connectivity index (χ2n) is 3.20. The fourth-order valence-electron chi connectivity index (χ4n) is 1.73. The van der Waals surface area contributed by atoms with Crippen LogP contribution in [0.1, 0.15) is 5.56 Å². The van der Waals surface area contributed by atoms with Crippen molar-refractivity contribution in [1.29, 1.82) is 0 Å². The summed E-state index contributed by atoms with van der Waals surface area (Å²) in [5.74, 6) is 0. The summed E-state index contributed by atoms with van der Waals surface area (Å²) < 4.78 is 0. The van der Waals surface area contributed by atoms with E-state index in [0.29, 0.717) is 0 Å². The molecule has 70 valence electrons. The zero-order valence-corrected chi connectivity index (χ0v) is 8.25. The van der Waals surface area contributed by atoms with E-state index in [0.717, 1.165) is 5.69 Å². The summed E-state index contributed by atoms with van der Waals surface area (Å²) >= 11 is 0. The Kier molecular flexibility index (Phi) is 2.23. The van der Waals surface area contributed by atoms with E-state index in [-0.39, 0.29) is 0 Å². The van der Waals surface area contributed by atoms with E-state index in [1.165, 1.54) is 16.3 Å². The summed E-state index contributed by atoms with van der Waals surface area (Å²) in [7, 11) is 1.94. The Morgan fingerprint density at radius 3 is 2.50 bits per heavy atom. The molecule has 0 aliphatic rings. The summed E-state index contributed by atoms with van der Waals surface area (Å²) in [5, 5.41) is 5.67. The second kappa shape index (κ2) is 3.54. The molecular weight excluding hydrogens is 170 g/mol. The van der Waals surface area contributed by atoms with Gasteiger partial charge in [0.05, 0.1) is 0 Å². The summed E-state index contributed by atoms with van der Waals surface area (Å²) in [6.07, 6.45) is 1.89. The third-order valence-electron chi connectivity index (χ3n) is 2.45. The first-order chi connectivity index (χ1) is 6.86. The van der Waals surface area contributed by atoms with Gasteiger partial charge in [-0.3, -0.25) is 0 Å². The van der Waals surface area contributed by atoms with Crippen molar-refractivity contribution >= 4 is 22.5 Å². The lowest BCUT2D eigenvalue weighted by Gasteiger charge is -2.07. The van der Waals surface area contributed by atoms with Crippen LogP contribution in [0.3, 0.4) is 0 Å². The number of hydrogen-bond acceptors (Lipinski definition) is 1.